The van der Waals surface area contributed by atoms with Crippen molar-refractivity contribution in [2.45, 2.75) is 70.0 Å². The van der Waals surface area contributed by atoms with Gasteiger partial charge < -0.3 is 20.2 Å². The van der Waals surface area contributed by atoms with Crippen molar-refractivity contribution in [2.24, 2.45) is 0 Å². The highest BCUT2D eigenvalue weighted by Gasteiger charge is 2.34. The minimum absolute atomic E-state index is 0.0299. The fraction of sp³-hybridized carbons (Fsp3) is 1.00. The van der Waals surface area contributed by atoms with Crippen LogP contribution in [0.1, 0.15) is 52.4 Å². The van der Waals surface area contributed by atoms with Crippen LogP contribution in [0.3, 0.4) is 0 Å². The number of hydrogen-bond donors (Lipinski definition) is 2. The third kappa shape index (κ3) is 4.92. The number of nitrogens with one attached hydrogen (secondary N) is 1. The van der Waals surface area contributed by atoms with Crippen LogP contribution < -0.4 is 5.32 Å². The predicted octanol–water partition coefficient (Wildman–Crippen LogP) is 1.69. The van der Waals surface area contributed by atoms with E-state index in [0.29, 0.717) is 6.04 Å². The first kappa shape index (κ1) is 17.2. The third-order valence-electron chi connectivity index (χ3n) is 5.53. The van der Waals surface area contributed by atoms with Crippen LogP contribution in [-0.4, -0.2) is 72.4 Å². The van der Waals surface area contributed by atoms with Gasteiger partial charge in [-0.2, -0.15) is 0 Å². The standard InChI is InChI=1S/C17H35N3O/c1-4-16-13-20(12-11-19(16)3)10-6-9-17(5-2,14-21)18-15-7-8-15/h15-16,18,21H,4-14H2,1-3H3. The van der Waals surface area contributed by atoms with Crippen molar-refractivity contribution in [1.82, 2.24) is 15.1 Å². The van der Waals surface area contributed by atoms with E-state index < -0.39 is 0 Å². The normalized spacial score (nSPS) is 27.7. The molecule has 0 aromatic rings. The summed E-state index contributed by atoms with van der Waals surface area (Å²) in [6.45, 7) is 9.55. The molecular weight excluding hydrogens is 262 g/mol. The molecular formula is C17H35N3O. The van der Waals surface area contributed by atoms with E-state index in [1.807, 2.05) is 0 Å². The summed E-state index contributed by atoms with van der Waals surface area (Å²) >= 11 is 0. The second-order valence-electron chi connectivity index (χ2n) is 7.16. The van der Waals surface area contributed by atoms with Crippen molar-refractivity contribution in [3.63, 3.8) is 0 Å². The monoisotopic (exact) mass is 297 g/mol. The Labute approximate surface area is 130 Å². The Morgan fingerprint density at radius 2 is 2.00 bits per heavy atom. The van der Waals surface area contributed by atoms with Crippen molar-refractivity contribution in [1.29, 1.82) is 0 Å². The van der Waals surface area contributed by atoms with Gasteiger partial charge in [0.2, 0.25) is 0 Å². The largest absolute Gasteiger partial charge is 0.394 e. The topological polar surface area (TPSA) is 38.7 Å². The zero-order valence-corrected chi connectivity index (χ0v) is 14.3. The van der Waals surface area contributed by atoms with Gasteiger partial charge in [0.25, 0.3) is 0 Å². The molecule has 0 aromatic carbocycles. The van der Waals surface area contributed by atoms with Crippen molar-refractivity contribution >= 4 is 0 Å². The molecule has 21 heavy (non-hydrogen) atoms. The third-order valence-corrected chi connectivity index (χ3v) is 5.53. The van der Waals surface area contributed by atoms with Crippen LogP contribution >= 0.6 is 0 Å². The number of aliphatic hydroxyl groups excluding tert-OH is 1. The van der Waals surface area contributed by atoms with E-state index in [4.69, 9.17) is 0 Å². The van der Waals surface area contributed by atoms with Gasteiger partial charge in [-0.1, -0.05) is 13.8 Å². The molecule has 0 bridgehead atoms. The molecule has 2 fully saturated rings. The van der Waals surface area contributed by atoms with Gasteiger partial charge in [0, 0.05) is 37.3 Å². The molecule has 0 aromatic heterocycles. The second kappa shape index (κ2) is 7.91. The van der Waals surface area contributed by atoms with Gasteiger partial charge >= 0.3 is 0 Å². The van der Waals surface area contributed by atoms with E-state index in [1.54, 1.807) is 0 Å². The predicted molar refractivity (Wildman–Crippen MR) is 88.6 cm³/mol. The Hall–Kier alpha value is -0.160. The fourth-order valence-corrected chi connectivity index (χ4v) is 3.54. The highest BCUT2D eigenvalue weighted by molar-refractivity contribution is 4.94. The molecule has 1 aliphatic heterocycles. The average molecular weight is 297 g/mol. The lowest BCUT2D eigenvalue weighted by Crippen LogP contribution is -2.52. The molecule has 1 aliphatic carbocycles. The molecule has 2 N–H and O–H groups in total. The number of likely N-dealkylation sites (N-methyl/N-ethyl adjacent to an activating group) is 1. The number of rotatable bonds is 9. The van der Waals surface area contributed by atoms with E-state index in [0.717, 1.165) is 18.9 Å². The number of piperazine rings is 1. The Kier molecular flexibility index (Phi) is 6.48. The number of aliphatic hydroxyl groups is 1. The Bertz CT molecular complexity index is 302. The molecule has 1 saturated heterocycles. The first-order valence-corrected chi connectivity index (χ1v) is 8.93. The molecule has 0 spiro atoms. The van der Waals surface area contributed by atoms with Gasteiger partial charge in [-0.25, -0.2) is 0 Å². The summed E-state index contributed by atoms with van der Waals surface area (Å²) in [5.74, 6) is 0. The van der Waals surface area contributed by atoms with Gasteiger partial charge in [0.15, 0.2) is 0 Å². The van der Waals surface area contributed by atoms with E-state index in [-0.39, 0.29) is 12.1 Å². The molecule has 4 heteroatoms. The number of hydrogen-bond acceptors (Lipinski definition) is 4. The molecule has 1 heterocycles. The molecule has 0 radical (unpaired) electrons. The van der Waals surface area contributed by atoms with Crippen molar-refractivity contribution in [2.75, 3.05) is 39.8 Å². The summed E-state index contributed by atoms with van der Waals surface area (Å²) in [6, 6.07) is 1.39. The Morgan fingerprint density at radius 1 is 1.24 bits per heavy atom. The van der Waals surface area contributed by atoms with E-state index in [2.05, 4.69) is 36.0 Å². The van der Waals surface area contributed by atoms with Crippen molar-refractivity contribution in [3.8, 4) is 0 Å². The minimum atomic E-state index is -0.0299. The van der Waals surface area contributed by atoms with Gasteiger partial charge in [-0.3, -0.25) is 0 Å². The maximum absolute atomic E-state index is 9.82. The number of nitrogens with zero attached hydrogens (tertiary/aromatic N) is 2. The average Bonchev–Trinajstić information content (AvgIpc) is 3.31. The molecule has 2 atom stereocenters. The minimum Gasteiger partial charge on any atom is -0.394 e. The fourth-order valence-electron chi connectivity index (χ4n) is 3.54. The summed E-state index contributed by atoms with van der Waals surface area (Å²) < 4.78 is 0. The van der Waals surface area contributed by atoms with Crippen LogP contribution in [0.2, 0.25) is 0 Å². The van der Waals surface area contributed by atoms with E-state index in [1.165, 1.54) is 51.9 Å². The van der Waals surface area contributed by atoms with Crippen LogP contribution in [0.5, 0.6) is 0 Å². The summed E-state index contributed by atoms with van der Waals surface area (Å²) in [4.78, 5) is 5.11. The summed E-state index contributed by atoms with van der Waals surface area (Å²) in [5.41, 5.74) is -0.0299. The molecule has 0 amide bonds. The molecule has 1 saturated carbocycles. The van der Waals surface area contributed by atoms with Crippen LogP contribution in [0.25, 0.3) is 0 Å². The lowest BCUT2D eigenvalue weighted by atomic mass is 9.90. The second-order valence-corrected chi connectivity index (χ2v) is 7.16. The maximum atomic E-state index is 9.82. The van der Waals surface area contributed by atoms with E-state index >= 15 is 0 Å². The van der Waals surface area contributed by atoms with Gasteiger partial charge in [-0.15, -0.1) is 0 Å². The smallest absolute Gasteiger partial charge is 0.0613 e. The maximum Gasteiger partial charge on any atom is 0.0613 e. The van der Waals surface area contributed by atoms with Crippen molar-refractivity contribution < 1.29 is 5.11 Å². The van der Waals surface area contributed by atoms with Crippen molar-refractivity contribution in [3.05, 3.63) is 0 Å². The highest BCUT2D eigenvalue weighted by atomic mass is 16.3. The summed E-state index contributed by atoms with van der Waals surface area (Å²) in [6.07, 6.45) is 7.14. The Morgan fingerprint density at radius 3 is 2.57 bits per heavy atom. The lowest BCUT2D eigenvalue weighted by Gasteiger charge is -2.40. The van der Waals surface area contributed by atoms with Gasteiger partial charge in [0.1, 0.15) is 0 Å². The first-order valence-electron chi connectivity index (χ1n) is 8.93. The summed E-state index contributed by atoms with van der Waals surface area (Å²) in [5, 5.41) is 13.5. The van der Waals surface area contributed by atoms with Gasteiger partial charge in [-0.05, 0) is 52.1 Å². The zero-order chi connectivity index (χ0) is 15.3. The molecule has 2 rings (SSSR count). The SMILES string of the molecule is CCC1CN(CCCC(CC)(CO)NC2CC2)CCN1C. The molecule has 124 valence electrons. The highest BCUT2D eigenvalue weighted by Crippen LogP contribution is 2.27. The lowest BCUT2D eigenvalue weighted by molar-refractivity contribution is 0.0851. The van der Waals surface area contributed by atoms with Gasteiger partial charge in [0.05, 0.1) is 6.61 Å². The zero-order valence-electron chi connectivity index (χ0n) is 14.3. The van der Waals surface area contributed by atoms with E-state index in [9.17, 15) is 5.11 Å². The van der Waals surface area contributed by atoms with Crippen LogP contribution in [0.4, 0.5) is 0 Å². The van der Waals surface area contributed by atoms with Crippen LogP contribution in [-0.2, 0) is 0 Å². The molecule has 2 unspecified atom stereocenters. The molecule has 2 aliphatic rings. The summed E-state index contributed by atoms with van der Waals surface area (Å²) in [7, 11) is 2.25. The van der Waals surface area contributed by atoms with Crippen LogP contribution in [0.15, 0.2) is 0 Å². The Balaban J connectivity index is 1.74. The molecule has 4 nitrogen and oxygen atoms in total. The van der Waals surface area contributed by atoms with Crippen LogP contribution in [0, 0.1) is 0 Å². The quantitative estimate of drug-likeness (QED) is 0.679. The first-order chi connectivity index (χ1) is 10.1.